The summed E-state index contributed by atoms with van der Waals surface area (Å²) in [6.07, 6.45) is 0. The van der Waals surface area contributed by atoms with Crippen molar-refractivity contribution < 1.29 is 4.74 Å². The standard InChI is InChI=1S/C21H14BrN3O/c1-26-16-8-4-14(5-9-16)18-10-17(13-2-6-15(22)7-3-13)19(11-23)21(25)20(18)12-24/h2-10H,25H2,1H3. The predicted molar refractivity (Wildman–Crippen MR) is 105 cm³/mol. The van der Waals surface area contributed by atoms with Gasteiger partial charge >= 0.3 is 0 Å². The molecule has 0 atom stereocenters. The molecule has 0 fully saturated rings. The molecule has 0 amide bonds. The van der Waals surface area contributed by atoms with Crippen LogP contribution in [0.2, 0.25) is 0 Å². The predicted octanol–water partition coefficient (Wildman–Crippen LogP) is 5.12. The second-order valence-corrected chi connectivity index (χ2v) is 6.51. The van der Waals surface area contributed by atoms with Gasteiger partial charge < -0.3 is 10.5 Å². The van der Waals surface area contributed by atoms with Gasteiger partial charge in [0.25, 0.3) is 0 Å². The number of rotatable bonds is 3. The third kappa shape index (κ3) is 3.13. The molecular formula is C21H14BrN3O. The quantitative estimate of drug-likeness (QED) is 0.615. The summed E-state index contributed by atoms with van der Waals surface area (Å²) in [6, 6.07) is 21.1. The van der Waals surface area contributed by atoms with Crippen LogP contribution >= 0.6 is 15.9 Å². The van der Waals surface area contributed by atoms with Gasteiger partial charge in [-0.05, 0) is 41.5 Å². The van der Waals surface area contributed by atoms with Crippen molar-refractivity contribution >= 4 is 21.6 Å². The van der Waals surface area contributed by atoms with E-state index in [9.17, 15) is 10.5 Å². The van der Waals surface area contributed by atoms with E-state index in [-0.39, 0.29) is 5.69 Å². The summed E-state index contributed by atoms with van der Waals surface area (Å²) < 4.78 is 6.13. The van der Waals surface area contributed by atoms with Gasteiger partial charge in [0, 0.05) is 15.6 Å². The van der Waals surface area contributed by atoms with Gasteiger partial charge in [0.1, 0.15) is 17.9 Å². The van der Waals surface area contributed by atoms with Crippen LogP contribution in [0, 0.1) is 22.7 Å². The summed E-state index contributed by atoms with van der Waals surface area (Å²) in [6.45, 7) is 0. The molecule has 3 rings (SSSR count). The molecule has 2 N–H and O–H groups in total. The first-order chi connectivity index (χ1) is 12.6. The lowest BCUT2D eigenvalue weighted by Gasteiger charge is -2.14. The maximum absolute atomic E-state index is 9.61. The molecule has 0 aliphatic heterocycles. The van der Waals surface area contributed by atoms with E-state index in [1.807, 2.05) is 54.6 Å². The Balaban J connectivity index is 2.29. The van der Waals surface area contributed by atoms with Gasteiger partial charge in [0.15, 0.2) is 0 Å². The molecule has 0 aliphatic rings. The number of hydrogen-bond acceptors (Lipinski definition) is 4. The van der Waals surface area contributed by atoms with Crippen LogP contribution < -0.4 is 10.5 Å². The van der Waals surface area contributed by atoms with Gasteiger partial charge in [0.05, 0.1) is 23.9 Å². The minimum Gasteiger partial charge on any atom is -0.497 e. The zero-order valence-corrected chi connectivity index (χ0v) is 15.5. The highest BCUT2D eigenvalue weighted by Gasteiger charge is 2.18. The molecule has 5 heteroatoms. The van der Waals surface area contributed by atoms with E-state index in [0.29, 0.717) is 22.3 Å². The number of benzene rings is 3. The third-order valence-corrected chi connectivity index (χ3v) is 4.67. The van der Waals surface area contributed by atoms with Gasteiger partial charge in [0.2, 0.25) is 0 Å². The first-order valence-electron chi connectivity index (χ1n) is 7.76. The number of nitriles is 2. The largest absolute Gasteiger partial charge is 0.497 e. The Morgan fingerprint density at radius 1 is 0.846 bits per heavy atom. The minimum absolute atomic E-state index is 0.196. The van der Waals surface area contributed by atoms with Crippen molar-refractivity contribution in [3.8, 4) is 40.1 Å². The van der Waals surface area contributed by atoms with Crippen LogP contribution in [-0.2, 0) is 0 Å². The summed E-state index contributed by atoms with van der Waals surface area (Å²) in [7, 11) is 1.60. The van der Waals surface area contributed by atoms with Crippen LogP contribution in [0.3, 0.4) is 0 Å². The smallest absolute Gasteiger partial charge is 0.118 e. The van der Waals surface area contributed by atoms with Gasteiger partial charge in [-0.15, -0.1) is 0 Å². The van der Waals surface area contributed by atoms with Gasteiger partial charge in [-0.25, -0.2) is 0 Å². The van der Waals surface area contributed by atoms with Crippen molar-refractivity contribution in [2.24, 2.45) is 0 Å². The fourth-order valence-corrected chi connectivity index (χ4v) is 3.06. The summed E-state index contributed by atoms with van der Waals surface area (Å²) >= 11 is 3.41. The first-order valence-corrected chi connectivity index (χ1v) is 8.55. The second kappa shape index (κ2) is 7.31. The van der Waals surface area contributed by atoms with Gasteiger partial charge in [-0.1, -0.05) is 40.2 Å². The highest BCUT2D eigenvalue weighted by Crippen LogP contribution is 2.37. The average molecular weight is 404 g/mol. The number of nitrogen functional groups attached to an aromatic ring is 1. The van der Waals surface area contributed by atoms with Crippen LogP contribution in [0.25, 0.3) is 22.3 Å². The number of halogens is 1. The molecule has 3 aromatic carbocycles. The van der Waals surface area contributed by atoms with Crippen LogP contribution in [0.15, 0.2) is 59.1 Å². The lowest BCUT2D eigenvalue weighted by Crippen LogP contribution is -2.00. The number of methoxy groups -OCH3 is 1. The van der Waals surface area contributed by atoms with Crippen LogP contribution in [0.1, 0.15) is 11.1 Å². The zero-order chi connectivity index (χ0) is 18.7. The van der Waals surface area contributed by atoms with E-state index >= 15 is 0 Å². The molecule has 0 saturated heterocycles. The summed E-state index contributed by atoms with van der Waals surface area (Å²) in [5, 5.41) is 19.2. The molecule has 0 saturated carbocycles. The minimum atomic E-state index is 0.196. The van der Waals surface area contributed by atoms with E-state index in [4.69, 9.17) is 10.5 Å². The van der Waals surface area contributed by atoms with Crippen molar-refractivity contribution in [3.05, 3.63) is 70.2 Å². The molecule has 0 radical (unpaired) electrons. The molecule has 4 nitrogen and oxygen atoms in total. The second-order valence-electron chi connectivity index (χ2n) is 5.59. The Bertz CT molecular complexity index is 1040. The topological polar surface area (TPSA) is 82.8 Å². The van der Waals surface area contributed by atoms with Gasteiger partial charge in [-0.2, -0.15) is 10.5 Å². The van der Waals surface area contributed by atoms with Crippen molar-refractivity contribution in [3.63, 3.8) is 0 Å². The molecule has 0 unspecified atom stereocenters. The fraction of sp³-hybridized carbons (Fsp3) is 0.0476. The number of ether oxygens (including phenoxy) is 1. The van der Waals surface area contributed by atoms with E-state index in [1.165, 1.54) is 0 Å². The molecule has 0 aromatic heterocycles. The lowest BCUT2D eigenvalue weighted by atomic mass is 9.89. The van der Waals surface area contributed by atoms with E-state index in [1.54, 1.807) is 7.11 Å². The molecule has 126 valence electrons. The Kier molecular flexibility index (Phi) is 4.93. The molecule has 0 aliphatic carbocycles. The normalized spacial score (nSPS) is 10.0. The number of hydrogen-bond donors (Lipinski definition) is 1. The number of anilines is 1. The van der Waals surface area contributed by atoms with Crippen molar-refractivity contribution in [2.75, 3.05) is 12.8 Å². The van der Waals surface area contributed by atoms with Crippen molar-refractivity contribution in [1.82, 2.24) is 0 Å². The Morgan fingerprint density at radius 2 is 1.31 bits per heavy atom. The Morgan fingerprint density at radius 3 is 1.73 bits per heavy atom. The van der Waals surface area contributed by atoms with Crippen molar-refractivity contribution in [1.29, 1.82) is 10.5 Å². The Labute approximate surface area is 160 Å². The first kappa shape index (κ1) is 17.5. The van der Waals surface area contributed by atoms with Crippen LogP contribution in [-0.4, -0.2) is 7.11 Å². The molecule has 0 heterocycles. The molecular weight excluding hydrogens is 390 g/mol. The average Bonchev–Trinajstić information content (AvgIpc) is 2.68. The van der Waals surface area contributed by atoms with E-state index in [0.717, 1.165) is 21.3 Å². The SMILES string of the molecule is COc1ccc(-c2cc(-c3ccc(Br)cc3)c(C#N)c(N)c2C#N)cc1. The summed E-state index contributed by atoms with van der Waals surface area (Å²) in [5.74, 6) is 0.724. The summed E-state index contributed by atoms with van der Waals surface area (Å²) in [5.41, 5.74) is 10.1. The highest BCUT2D eigenvalue weighted by molar-refractivity contribution is 9.10. The molecule has 0 bridgehead atoms. The maximum Gasteiger partial charge on any atom is 0.118 e. The van der Waals surface area contributed by atoms with E-state index < -0.39 is 0 Å². The molecule has 26 heavy (non-hydrogen) atoms. The number of nitrogens with zero attached hydrogens (tertiary/aromatic N) is 2. The fourth-order valence-electron chi connectivity index (χ4n) is 2.80. The van der Waals surface area contributed by atoms with Crippen LogP contribution in [0.4, 0.5) is 5.69 Å². The Hall–Kier alpha value is -3.28. The van der Waals surface area contributed by atoms with E-state index in [2.05, 4.69) is 28.1 Å². The maximum atomic E-state index is 9.61. The third-order valence-electron chi connectivity index (χ3n) is 4.15. The molecule has 3 aromatic rings. The molecule has 0 spiro atoms. The van der Waals surface area contributed by atoms with Gasteiger partial charge in [-0.3, -0.25) is 0 Å². The number of nitrogens with two attached hydrogens (primary N) is 1. The zero-order valence-electron chi connectivity index (χ0n) is 14.0. The van der Waals surface area contributed by atoms with Crippen molar-refractivity contribution in [2.45, 2.75) is 0 Å². The van der Waals surface area contributed by atoms with Crippen LogP contribution in [0.5, 0.6) is 5.75 Å². The lowest BCUT2D eigenvalue weighted by molar-refractivity contribution is 0.415. The monoisotopic (exact) mass is 403 g/mol. The summed E-state index contributed by atoms with van der Waals surface area (Å²) in [4.78, 5) is 0. The highest BCUT2D eigenvalue weighted by atomic mass is 79.9.